The average Bonchev–Trinajstić information content (AvgIpc) is 1.37. The van der Waals surface area contributed by atoms with Gasteiger partial charge in [-0.2, -0.15) is 0 Å². The van der Waals surface area contributed by atoms with E-state index in [1.54, 1.807) is 0 Å². The molecule has 0 unspecified atom stereocenters. The Hall–Kier alpha value is 1.26. The van der Waals surface area contributed by atoms with E-state index in [-0.39, 0.29) is 41.2 Å². The van der Waals surface area contributed by atoms with Crippen LogP contribution < -0.4 is 11.5 Å². The van der Waals surface area contributed by atoms with Gasteiger partial charge >= 0.3 is 0 Å². The minimum atomic E-state index is 0. The quantitative estimate of drug-likeness (QED) is 0.495. The standard InChI is InChI=1S/C2H8N2.Ti.Zn/c3-1-2-4;;/h1-4H2;;. The first kappa shape index (κ1) is 15.7. The summed E-state index contributed by atoms with van der Waals surface area (Å²) in [7, 11) is 0. The zero-order valence-electron chi connectivity index (χ0n) is 3.78. The minimum Gasteiger partial charge on any atom is -0.329 e. The van der Waals surface area contributed by atoms with Crippen LogP contribution in [-0.2, 0) is 41.2 Å². The van der Waals surface area contributed by atoms with Crippen molar-refractivity contribution in [1.82, 2.24) is 0 Å². The summed E-state index contributed by atoms with van der Waals surface area (Å²) in [6.45, 7) is 1.19. The third-order valence-corrected chi connectivity index (χ3v) is 0.167. The van der Waals surface area contributed by atoms with Crippen molar-refractivity contribution in [2.24, 2.45) is 11.5 Å². The summed E-state index contributed by atoms with van der Waals surface area (Å²) in [5.41, 5.74) is 9.81. The van der Waals surface area contributed by atoms with Gasteiger partial charge in [0, 0.05) is 54.3 Å². The van der Waals surface area contributed by atoms with Gasteiger partial charge in [-0.3, -0.25) is 0 Å². The predicted octanol–water partition coefficient (Wildman–Crippen LogP) is -1.10. The normalized spacial score (nSPS) is 5.00. The van der Waals surface area contributed by atoms with Crippen LogP contribution in [0.2, 0.25) is 0 Å². The average molecular weight is 173 g/mol. The van der Waals surface area contributed by atoms with Crippen LogP contribution >= 0.6 is 0 Å². The van der Waals surface area contributed by atoms with Gasteiger partial charge in [0.2, 0.25) is 0 Å². The van der Waals surface area contributed by atoms with Crippen molar-refractivity contribution in [2.75, 3.05) is 13.1 Å². The molecule has 0 spiro atoms. The van der Waals surface area contributed by atoms with Crippen molar-refractivity contribution < 1.29 is 41.2 Å². The molecule has 0 bridgehead atoms. The van der Waals surface area contributed by atoms with Crippen LogP contribution in [-0.4, -0.2) is 13.1 Å². The van der Waals surface area contributed by atoms with Gasteiger partial charge in [0.1, 0.15) is 0 Å². The summed E-state index contributed by atoms with van der Waals surface area (Å²) >= 11 is 0. The first-order valence-corrected chi connectivity index (χ1v) is 1.32. The van der Waals surface area contributed by atoms with Crippen molar-refractivity contribution in [3.05, 3.63) is 0 Å². The summed E-state index contributed by atoms with van der Waals surface area (Å²) in [4.78, 5) is 0. The molecule has 0 aromatic carbocycles. The van der Waals surface area contributed by atoms with Gasteiger partial charge in [0.25, 0.3) is 0 Å². The molecule has 0 aromatic rings. The van der Waals surface area contributed by atoms with E-state index in [9.17, 15) is 0 Å². The molecular weight excluding hydrogens is 165 g/mol. The Morgan fingerprint density at radius 1 is 1.00 bits per heavy atom. The molecule has 32 valence electrons. The van der Waals surface area contributed by atoms with Crippen LogP contribution in [0.5, 0.6) is 0 Å². The molecular formula is C2H8N2TiZn. The second-order valence-corrected chi connectivity index (χ2v) is 0.577. The Kier molecular flexibility index (Phi) is 42.6. The second-order valence-electron chi connectivity index (χ2n) is 0.577. The van der Waals surface area contributed by atoms with Gasteiger partial charge in [-0.15, -0.1) is 0 Å². The van der Waals surface area contributed by atoms with Gasteiger partial charge in [-0.1, -0.05) is 0 Å². The molecule has 0 saturated heterocycles. The molecule has 0 atom stereocenters. The van der Waals surface area contributed by atoms with E-state index < -0.39 is 0 Å². The molecule has 0 heterocycles. The SMILES string of the molecule is NCCN.[Ti].[Zn]. The molecule has 0 rings (SSSR count). The van der Waals surface area contributed by atoms with Crippen molar-refractivity contribution in [3.8, 4) is 0 Å². The van der Waals surface area contributed by atoms with Gasteiger partial charge < -0.3 is 11.5 Å². The van der Waals surface area contributed by atoms with Crippen LogP contribution in [0, 0.1) is 0 Å². The van der Waals surface area contributed by atoms with Crippen LogP contribution in [0.1, 0.15) is 0 Å². The second kappa shape index (κ2) is 16.3. The van der Waals surface area contributed by atoms with E-state index in [0.29, 0.717) is 13.1 Å². The summed E-state index contributed by atoms with van der Waals surface area (Å²) in [6, 6.07) is 0. The Morgan fingerprint density at radius 2 is 1.17 bits per heavy atom. The van der Waals surface area contributed by atoms with E-state index in [2.05, 4.69) is 0 Å². The van der Waals surface area contributed by atoms with Crippen LogP contribution in [0.3, 0.4) is 0 Å². The topological polar surface area (TPSA) is 52.0 Å². The Morgan fingerprint density at radius 3 is 1.17 bits per heavy atom. The Balaban J connectivity index is -0.0000000450. The van der Waals surface area contributed by atoms with Crippen molar-refractivity contribution >= 4 is 0 Å². The first-order chi connectivity index (χ1) is 1.91. The maximum atomic E-state index is 4.90. The van der Waals surface area contributed by atoms with Crippen molar-refractivity contribution in [1.29, 1.82) is 0 Å². The maximum Gasteiger partial charge on any atom is 0.00461 e. The van der Waals surface area contributed by atoms with E-state index >= 15 is 0 Å². The third-order valence-electron chi connectivity index (χ3n) is 0.167. The predicted molar refractivity (Wildman–Crippen MR) is 18.1 cm³/mol. The third kappa shape index (κ3) is 18.7. The fourth-order valence-corrected chi connectivity index (χ4v) is 0. The molecule has 0 amide bonds. The molecule has 6 heavy (non-hydrogen) atoms. The number of rotatable bonds is 1. The largest absolute Gasteiger partial charge is 0.329 e. The fraction of sp³-hybridized carbons (Fsp3) is 1.00. The maximum absolute atomic E-state index is 4.90. The molecule has 0 saturated carbocycles. The number of hydrogen-bond donors (Lipinski definition) is 2. The van der Waals surface area contributed by atoms with Crippen molar-refractivity contribution in [2.45, 2.75) is 0 Å². The molecule has 0 radical (unpaired) electrons. The summed E-state index contributed by atoms with van der Waals surface area (Å²) < 4.78 is 0. The fourth-order valence-electron chi connectivity index (χ4n) is 0. The van der Waals surface area contributed by atoms with Gasteiger partial charge in [-0.05, 0) is 0 Å². The molecule has 4 heteroatoms. The van der Waals surface area contributed by atoms with E-state index in [4.69, 9.17) is 11.5 Å². The minimum absolute atomic E-state index is 0. The van der Waals surface area contributed by atoms with Crippen LogP contribution in [0.25, 0.3) is 0 Å². The van der Waals surface area contributed by atoms with Crippen LogP contribution in [0.4, 0.5) is 0 Å². The Bertz CT molecular complexity index is 13.5. The molecule has 0 aliphatic carbocycles. The molecule has 0 aliphatic rings. The Labute approximate surface area is 65.7 Å². The van der Waals surface area contributed by atoms with E-state index in [1.165, 1.54) is 0 Å². The van der Waals surface area contributed by atoms with Gasteiger partial charge in [0.05, 0.1) is 0 Å². The summed E-state index contributed by atoms with van der Waals surface area (Å²) in [5, 5.41) is 0. The van der Waals surface area contributed by atoms with Crippen LogP contribution in [0.15, 0.2) is 0 Å². The number of nitrogens with two attached hydrogens (primary N) is 2. The molecule has 2 nitrogen and oxygen atoms in total. The monoisotopic (exact) mass is 172 g/mol. The van der Waals surface area contributed by atoms with Gasteiger partial charge in [-0.25, -0.2) is 0 Å². The van der Waals surface area contributed by atoms with E-state index in [1.807, 2.05) is 0 Å². The molecule has 0 aromatic heterocycles. The zero-order chi connectivity index (χ0) is 3.41. The molecule has 4 N–H and O–H groups in total. The molecule has 0 fully saturated rings. The van der Waals surface area contributed by atoms with E-state index in [0.717, 1.165) is 0 Å². The van der Waals surface area contributed by atoms with Crippen molar-refractivity contribution in [3.63, 3.8) is 0 Å². The first-order valence-electron chi connectivity index (χ1n) is 1.32. The smallest absolute Gasteiger partial charge is 0.00461 e. The molecule has 0 aliphatic heterocycles. The zero-order valence-corrected chi connectivity index (χ0v) is 8.30. The summed E-state index contributed by atoms with van der Waals surface area (Å²) in [5.74, 6) is 0. The number of hydrogen-bond acceptors (Lipinski definition) is 2. The summed E-state index contributed by atoms with van der Waals surface area (Å²) in [6.07, 6.45) is 0. The van der Waals surface area contributed by atoms with Gasteiger partial charge in [0.15, 0.2) is 0 Å².